The first-order valence-corrected chi connectivity index (χ1v) is 6.26. The lowest BCUT2D eigenvalue weighted by molar-refractivity contribution is 0.107. The largest absolute Gasteiger partial charge is 0.398 e. The highest BCUT2D eigenvalue weighted by atomic mass is 15.2. The highest BCUT2D eigenvalue weighted by Gasteiger charge is 2.24. The van der Waals surface area contributed by atoms with Crippen molar-refractivity contribution >= 4 is 5.69 Å². The van der Waals surface area contributed by atoms with Gasteiger partial charge in [0.2, 0.25) is 0 Å². The average Bonchev–Trinajstić information content (AvgIpc) is 2.28. The van der Waals surface area contributed by atoms with Gasteiger partial charge >= 0.3 is 0 Å². The Morgan fingerprint density at radius 3 is 2.81 bits per heavy atom. The number of hydrogen-bond donors (Lipinski definition) is 1. The van der Waals surface area contributed by atoms with Crippen molar-refractivity contribution in [1.29, 1.82) is 0 Å². The number of para-hydroxylation sites is 1. The number of nitrogens with zero attached hydrogens (tertiary/aromatic N) is 1. The first-order valence-electron chi connectivity index (χ1n) is 6.26. The van der Waals surface area contributed by atoms with Crippen molar-refractivity contribution in [3.05, 3.63) is 29.8 Å². The number of hydrogen-bond acceptors (Lipinski definition) is 2. The second-order valence-corrected chi connectivity index (χ2v) is 5.03. The lowest BCUT2D eigenvalue weighted by atomic mass is 9.91. The van der Waals surface area contributed by atoms with Gasteiger partial charge in [-0.3, -0.25) is 4.90 Å². The molecule has 88 valence electrons. The molecule has 2 heteroatoms. The summed E-state index contributed by atoms with van der Waals surface area (Å²) in [4.78, 5) is 2.56. The highest BCUT2D eigenvalue weighted by molar-refractivity contribution is 5.46. The maximum absolute atomic E-state index is 5.99. The van der Waals surface area contributed by atoms with Crippen molar-refractivity contribution in [2.24, 2.45) is 5.92 Å². The molecule has 0 amide bonds. The monoisotopic (exact) mass is 218 g/mol. The lowest BCUT2D eigenvalue weighted by Crippen LogP contribution is -2.41. The van der Waals surface area contributed by atoms with Crippen LogP contribution < -0.4 is 5.73 Å². The van der Waals surface area contributed by atoms with E-state index < -0.39 is 0 Å². The molecule has 0 spiro atoms. The molecule has 2 rings (SSSR count). The predicted octanol–water partition coefficient (Wildman–Crippen LogP) is 2.89. The smallest absolute Gasteiger partial charge is 0.0359 e. The molecule has 2 nitrogen and oxygen atoms in total. The predicted molar refractivity (Wildman–Crippen MR) is 69.1 cm³/mol. The topological polar surface area (TPSA) is 29.3 Å². The molecule has 1 aliphatic rings. The van der Waals surface area contributed by atoms with E-state index in [2.05, 4.69) is 30.9 Å². The molecule has 1 fully saturated rings. The van der Waals surface area contributed by atoms with Crippen molar-refractivity contribution in [1.82, 2.24) is 4.90 Å². The molecular weight excluding hydrogens is 196 g/mol. The minimum atomic E-state index is 0.674. The van der Waals surface area contributed by atoms with Gasteiger partial charge in [-0.2, -0.15) is 0 Å². The highest BCUT2D eigenvalue weighted by Crippen LogP contribution is 2.25. The Hall–Kier alpha value is -1.02. The minimum absolute atomic E-state index is 0.674. The zero-order valence-electron chi connectivity index (χ0n) is 10.3. The molecule has 0 aliphatic carbocycles. The molecule has 2 unspecified atom stereocenters. The van der Waals surface area contributed by atoms with E-state index in [0.29, 0.717) is 6.04 Å². The van der Waals surface area contributed by atoms with E-state index in [0.717, 1.165) is 18.2 Å². The standard InChI is InChI=1S/C14H22N2/c1-11-6-5-9-16(12(11)2)10-13-7-3-4-8-14(13)15/h3-4,7-8,11-12H,5-6,9-10,15H2,1-2H3. The van der Waals surface area contributed by atoms with Gasteiger partial charge in [-0.15, -0.1) is 0 Å². The fraction of sp³-hybridized carbons (Fsp3) is 0.571. The second-order valence-electron chi connectivity index (χ2n) is 5.03. The van der Waals surface area contributed by atoms with Crippen LogP contribution in [-0.4, -0.2) is 17.5 Å². The first-order chi connectivity index (χ1) is 7.68. The fourth-order valence-corrected chi connectivity index (χ4v) is 2.54. The summed E-state index contributed by atoms with van der Waals surface area (Å²) in [5, 5.41) is 0. The number of nitrogens with two attached hydrogens (primary N) is 1. The summed E-state index contributed by atoms with van der Waals surface area (Å²) in [6.45, 7) is 6.89. The van der Waals surface area contributed by atoms with E-state index in [-0.39, 0.29) is 0 Å². The number of anilines is 1. The van der Waals surface area contributed by atoms with Gasteiger partial charge in [-0.05, 0) is 43.9 Å². The molecule has 16 heavy (non-hydrogen) atoms. The Morgan fingerprint density at radius 1 is 1.31 bits per heavy atom. The van der Waals surface area contributed by atoms with Gasteiger partial charge in [0.05, 0.1) is 0 Å². The van der Waals surface area contributed by atoms with Crippen LogP contribution in [0, 0.1) is 5.92 Å². The lowest BCUT2D eigenvalue weighted by Gasteiger charge is -2.38. The van der Waals surface area contributed by atoms with E-state index in [1.165, 1.54) is 24.9 Å². The van der Waals surface area contributed by atoms with Crippen LogP contribution in [0.2, 0.25) is 0 Å². The summed E-state index contributed by atoms with van der Waals surface area (Å²) in [5.74, 6) is 0.804. The molecular formula is C14H22N2. The van der Waals surface area contributed by atoms with Crippen molar-refractivity contribution < 1.29 is 0 Å². The Kier molecular flexibility index (Phi) is 3.49. The molecule has 2 atom stereocenters. The van der Waals surface area contributed by atoms with Crippen molar-refractivity contribution in [2.45, 2.75) is 39.3 Å². The maximum atomic E-state index is 5.99. The number of piperidine rings is 1. The summed E-state index contributed by atoms with van der Waals surface area (Å²) in [7, 11) is 0. The van der Waals surface area contributed by atoms with Crippen molar-refractivity contribution in [3.63, 3.8) is 0 Å². The van der Waals surface area contributed by atoms with Crippen molar-refractivity contribution in [2.75, 3.05) is 12.3 Å². The molecule has 2 N–H and O–H groups in total. The van der Waals surface area contributed by atoms with E-state index in [1.54, 1.807) is 0 Å². The average molecular weight is 218 g/mol. The Morgan fingerprint density at radius 2 is 2.06 bits per heavy atom. The van der Waals surface area contributed by atoms with Gasteiger partial charge in [0.15, 0.2) is 0 Å². The summed E-state index contributed by atoms with van der Waals surface area (Å²) in [5.41, 5.74) is 8.18. The molecule has 1 aromatic rings. The van der Waals surface area contributed by atoms with E-state index in [9.17, 15) is 0 Å². The van der Waals surface area contributed by atoms with E-state index in [1.807, 2.05) is 12.1 Å². The summed E-state index contributed by atoms with van der Waals surface area (Å²) < 4.78 is 0. The van der Waals surface area contributed by atoms with Gasteiger partial charge in [-0.1, -0.05) is 25.1 Å². The number of benzene rings is 1. The van der Waals surface area contributed by atoms with Gasteiger partial charge in [0, 0.05) is 18.3 Å². The SMILES string of the molecule is CC1CCCN(Cc2ccccc2N)C1C. The Bertz CT molecular complexity index is 348. The normalized spacial score (nSPS) is 26.9. The van der Waals surface area contributed by atoms with Crippen LogP contribution in [0.3, 0.4) is 0 Å². The van der Waals surface area contributed by atoms with Gasteiger partial charge < -0.3 is 5.73 Å². The van der Waals surface area contributed by atoms with Gasteiger partial charge in [0.25, 0.3) is 0 Å². The maximum Gasteiger partial charge on any atom is 0.0359 e. The minimum Gasteiger partial charge on any atom is -0.398 e. The number of likely N-dealkylation sites (tertiary alicyclic amines) is 1. The van der Waals surface area contributed by atoms with Crippen LogP contribution in [0.15, 0.2) is 24.3 Å². The fourth-order valence-electron chi connectivity index (χ4n) is 2.54. The quantitative estimate of drug-likeness (QED) is 0.773. The Balaban J connectivity index is 2.06. The summed E-state index contributed by atoms with van der Waals surface area (Å²) >= 11 is 0. The molecule has 1 aromatic carbocycles. The molecule has 0 radical (unpaired) electrons. The first kappa shape index (κ1) is 11.5. The van der Waals surface area contributed by atoms with Gasteiger partial charge in [0.1, 0.15) is 0 Å². The zero-order valence-corrected chi connectivity index (χ0v) is 10.3. The van der Waals surface area contributed by atoms with E-state index in [4.69, 9.17) is 5.73 Å². The second kappa shape index (κ2) is 4.88. The van der Waals surface area contributed by atoms with Crippen LogP contribution >= 0.6 is 0 Å². The van der Waals surface area contributed by atoms with Crippen LogP contribution in [0.25, 0.3) is 0 Å². The third-order valence-corrected chi connectivity index (χ3v) is 3.93. The zero-order chi connectivity index (χ0) is 11.5. The van der Waals surface area contributed by atoms with Gasteiger partial charge in [-0.25, -0.2) is 0 Å². The number of rotatable bonds is 2. The molecule has 1 aliphatic heterocycles. The van der Waals surface area contributed by atoms with E-state index >= 15 is 0 Å². The molecule has 0 bridgehead atoms. The van der Waals surface area contributed by atoms with Crippen molar-refractivity contribution in [3.8, 4) is 0 Å². The third kappa shape index (κ3) is 2.38. The molecule has 0 aromatic heterocycles. The van der Waals surface area contributed by atoms with Crippen LogP contribution in [-0.2, 0) is 6.54 Å². The van der Waals surface area contributed by atoms with Crippen LogP contribution in [0.4, 0.5) is 5.69 Å². The van der Waals surface area contributed by atoms with Crippen LogP contribution in [0.1, 0.15) is 32.3 Å². The Labute approximate surface area is 98.4 Å². The summed E-state index contributed by atoms with van der Waals surface area (Å²) in [6, 6.07) is 8.88. The molecule has 0 saturated carbocycles. The summed E-state index contributed by atoms with van der Waals surface area (Å²) in [6.07, 6.45) is 2.68. The number of nitrogen functional groups attached to an aromatic ring is 1. The third-order valence-electron chi connectivity index (χ3n) is 3.93. The molecule has 1 heterocycles. The van der Waals surface area contributed by atoms with Crippen LogP contribution in [0.5, 0.6) is 0 Å². The molecule has 1 saturated heterocycles.